The van der Waals surface area contributed by atoms with Crippen molar-refractivity contribution in [1.82, 2.24) is 0 Å². The lowest BCUT2D eigenvalue weighted by Gasteiger charge is -2.16. The molecule has 0 aliphatic carbocycles. The van der Waals surface area contributed by atoms with Gasteiger partial charge in [0.1, 0.15) is 12.4 Å². The number of ether oxygens (including phenoxy) is 2. The Labute approximate surface area is 143 Å². The number of benzene rings is 2. The Morgan fingerprint density at radius 1 is 1.17 bits per heavy atom. The van der Waals surface area contributed by atoms with Crippen molar-refractivity contribution in [2.24, 2.45) is 0 Å². The molecule has 122 valence electrons. The smallest absolute Gasteiger partial charge is 0.338 e. The summed E-state index contributed by atoms with van der Waals surface area (Å²) in [6.45, 7) is -0.268. The van der Waals surface area contributed by atoms with Crippen LogP contribution in [0.25, 0.3) is 6.08 Å². The van der Waals surface area contributed by atoms with Crippen LogP contribution in [0.15, 0.2) is 54.1 Å². The van der Waals surface area contributed by atoms with Gasteiger partial charge in [-0.2, -0.15) is 0 Å². The van der Waals surface area contributed by atoms with Crippen LogP contribution in [0.3, 0.4) is 0 Å². The Bertz CT molecular complexity index is 816. The minimum Gasteiger partial charge on any atom is -0.488 e. The largest absolute Gasteiger partial charge is 0.488 e. The summed E-state index contributed by atoms with van der Waals surface area (Å²) in [7, 11) is 0. The highest BCUT2D eigenvalue weighted by Crippen LogP contribution is 2.26. The number of carbonyl (C=O) groups is 2. The number of rotatable bonds is 4. The van der Waals surface area contributed by atoms with Gasteiger partial charge in [-0.25, -0.2) is 4.79 Å². The summed E-state index contributed by atoms with van der Waals surface area (Å²) >= 11 is 5.84. The molecule has 0 saturated heterocycles. The monoisotopic (exact) mass is 343 g/mol. The molecule has 2 aromatic carbocycles. The number of esters is 1. The van der Waals surface area contributed by atoms with E-state index in [4.69, 9.17) is 21.1 Å². The zero-order chi connectivity index (χ0) is 16.9. The molecule has 2 aromatic rings. The van der Waals surface area contributed by atoms with E-state index in [1.807, 2.05) is 24.3 Å². The number of halogens is 1. The maximum atomic E-state index is 12.0. The second-order valence-electron chi connectivity index (χ2n) is 5.13. The molecule has 0 bridgehead atoms. The van der Waals surface area contributed by atoms with Gasteiger partial charge < -0.3 is 14.8 Å². The second-order valence-corrected chi connectivity index (χ2v) is 5.57. The molecule has 0 radical (unpaired) electrons. The third-order valence-electron chi connectivity index (χ3n) is 3.34. The lowest BCUT2D eigenvalue weighted by atomic mass is 10.1. The Hall–Kier alpha value is -2.79. The van der Waals surface area contributed by atoms with Crippen LogP contribution in [0.4, 0.5) is 5.69 Å². The fraction of sp³-hybridized carbons (Fsp3) is 0.111. The van der Waals surface area contributed by atoms with E-state index in [0.29, 0.717) is 22.0 Å². The highest BCUT2D eigenvalue weighted by atomic mass is 35.5. The molecular formula is C18H14ClNO4. The van der Waals surface area contributed by atoms with Crippen LogP contribution >= 0.6 is 11.6 Å². The van der Waals surface area contributed by atoms with Crippen molar-refractivity contribution in [3.05, 3.63) is 64.7 Å². The molecule has 5 nitrogen and oxygen atoms in total. The second kappa shape index (κ2) is 7.19. The standard InChI is InChI=1S/C18H14ClNO4/c19-14-5-3-6-15(9-14)20-17(21)11-24-18(22)13-8-12-4-1-2-7-16(12)23-10-13/h1-9H,10-11H2,(H,20,21). The van der Waals surface area contributed by atoms with Crippen molar-refractivity contribution >= 4 is 35.2 Å². The molecule has 0 atom stereocenters. The molecular weight excluding hydrogens is 330 g/mol. The summed E-state index contributed by atoms with van der Waals surface area (Å²) in [5.41, 5.74) is 1.71. The number of carbonyl (C=O) groups excluding carboxylic acids is 2. The Morgan fingerprint density at radius 3 is 2.83 bits per heavy atom. The summed E-state index contributed by atoms with van der Waals surface area (Å²) < 4.78 is 10.5. The molecule has 24 heavy (non-hydrogen) atoms. The zero-order valence-corrected chi connectivity index (χ0v) is 13.4. The van der Waals surface area contributed by atoms with E-state index in [9.17, 15) is 9.59 Å². The SMILES string of the molecule is O=C(COC(=O)C1=Cc2ccccc2OC1)Nc1cccc(Cl)c1. The fourth-order valence-corrected chi connectivity index (χ4v) is 2.41. The van der Waals surface area contributed by atoms with E-state index >= 15 is 0 Å². The molecule has 0 saturated carbocycles. The van der Waals surface area contributed by atoms with E-state index in [-0.39, 0.29) is 13.2 Å². The zero-order valence-electron chi connectivity index (χ0n) is 12.6. The number of anilines is 1. The molecule has 0 aromatic heterocycles. The molecule has 6 heteroatoms. The molecule has 1 heterocycles. The molecule has 1 aliphatic heterocycles. The first-order valence-corrected chi connectivity index (χ1v) is 7.64. The lowest BCUT2D eigenvalue weighted by Crippen LogP contribution is -2.23. The third-order valence-corrected chi connectivity index (χ3v) is 3.57. The van der Waals surface area contributed by atoms with Gasteiger partial charge in [0.15, 0.2) is 6.61 Å². The molecule has 1 amide bonds. The van der Waals surface area contributed by atoms with Gasteiger partial charge in [-0.1, -0.05) is 35.9 Å². The van der Waals surface area contributed by atoms with Crippen LogP contribution in [0.1, 0.15) is 5.56 Å². The Balaban J connectivity index is 1.56. The van der Waals surface area contributed by atoms with Gasteiger partial charge in [0.25, 0.3) is 5.91 Å². The van der Waals surface area contributed by atoms with Crippen LogP contribution in [0, 0.1) is 0 Å². The Morgan fingerprint density at radius 2 is 2.00 bits per heavy atom. The van der Waals surface area contributed by atoms with Crippen LogP contribution in [0.5, 0.6) is 5.75 Å². The van der Waals surface area contributed by atoms with E-state index in [1.165, 1.54) is 0 Å². The van der Waals surface area contributed by atoms with Gasteiger partial charge in [0.05, 0.1) is 5.57 Å². The molecule has 0 unspecified atom stereocenters. The number of nitrogens with one attached hydrogen (secondary N) is 1. The van der Waals surface area contributed by atoms with E-state index in [0.717, 1.165) is 5.56 Å². The van der Waals surface area contributed by atoms with Gasteiger partial charge in [-0.3, -0.25) is 4.79 Å². The van der Waals surface area contributed by atoms with Crippen molar-refractivity contribution in [3.63, 3.8) is 0 Å². The minimum atomic E-state index is -0.578. The highest BCUT2D eigenvalue weighted by Gasteiger charge is 2.19. The van der Waals surface area contributed by atoms with E-state index in [1.54, 1.807) is 30.3 Å². The number of hydrogen-bond acceptors (Lipinski definition) is 4. The summed E-state index contributed by atoms with van der Waals surface area (Å²) in [6.07, 6.45) is 1.70. The van der Waals surface area contributed by atoms with Gasteiger partial charge >= 0.3 is 5.97 Å². The molecule has 1 aliphatic rings. The number of hydrogen-bond donors (Lipinski definition) is 1. The van der Waals surface area contributed by atoms with Crippen LogP contribution in [-0.4, -0.2) is 25.1 Å². The van der Waals surface area contributed by atoms with Crippen molar-refractivity contribution in [2.45, 2.75) is 0 Å². The number of amides is 1. The van der Waals surface area contributed by atoms with E-state index < -0.39 is 11.9 Å². The van der Waals surface area contributed by atoms with Crippen molar-refractivity contribution < 1.29 is 19.1 Å². The summed E-state index contributed by atoms with van der Waals surface area (Å²) in [6, 6.07) is 14.1. The third kappa shape index (κ3) is 3.94. The lowest BCUT2D eigenvalue weighted by molar-refractivity contribution is -0.143. The number of fused-ring (bicyclic) bond motifs is 1. The van der Waals surface area contributed by atoms with Crippen LogP contribution in [-0.2, 0) is 14.3 Å². The van der Waals surface area contributed by atoms with Gasteiger partial charge in [-0.15, -0.1) is 0 Å². The number of para-hydroxylation sites is 1. The normalized spacial score (nSPS) is 12.5. The first kappa shape index (κ1) is 16.1. The highest BCUT2D eigenvalue weighted by molar-refractivity contribution is 6.30. The fourth-order valence-electron chi connectivity index (χ4n) is 2.22. The molecule has 0 fully saturated rings. The topological polar surface area (TPSA) is 64.6 Å². The first-order valence-electron chi connectivity index (χ1n) is 7.27. The molecule has 1 N–H and O–H groups in total. The average molecular weight is 344 g/mol. The summed E-state index contributed by atoms with van der Waals surface area (Å²) in [5.74, 6) is -0.304. The van der Waals surface area contributed by atoms with E-state index in [2.05, 4.69) is 5.32 Å². The maximum Gasteiger partial charge on any atom is 0.338 e. The summed E-state index contributed by atoms with van der Waals surface area (Å²) in [5, 5.41) is 3.11. The van der Waals surface area contributed by atoms with Crippen molar-refractivity contribution in [2.75, 3.05) is 18.5 Å². The summed E-state index contributed by atoms with van der Waals surface area (Å²) in [4.78, 5) is 23.9. The minimum absolute atomic E-state index is 0.117. The average Bonchev–Trinajstić information content (AvgIpc) is 2.59. The molecule has 3 rings (SSSR count). The molecule has 0 spiro atoms. The maximum absolute atomic E-state index is 12.0. The van der Waals surface area contributed by atoms with Gasteiger partial charge in [0.2, 0.25) is 0 Å². The van der Waals surface area contributed by atoms with Crippen LogP contribution < -0.4 is 10.1 Å². The predicted molar refractivity (Wildman–Crippen MR) is 91.0 cm³/mol. The predicted octanol–water partition coefficient (Wildman–Crippen LogP) is 3.30. The van der Waals surface area contributed by atoms with Crippen LogP contribution in [0.2, 0.25) is 5.02 Å². The Kier molecular flexibility index (Phi) is 4.82. The quantitative estimate of drug-likeness (QED) is 0.865. The van der Waals surface area contributed by atoms with Gasteiger partial charge in [-0.05, 0) is 30.3 Å². The van der Waals surface area contributed by atoms with Gasteiger partial charge in [0, 0.05) is 16.3 Å². The van der Waals surface area contributed by atoms with Crippen molar-refractivity contribution in [1.29, 1.82) is 0 Å². The first-order chi connectivity index (χ1) is 11.6. The van der Waals surface area contributed by atoms with Crippen molar-refractivity contribution in [3.8, 4) is 5.75 Å².